The highest BCUT2D eigenvalue weighted by Gasteiger charge is 2.00. The van der Waals surface area contributed by atoms with Crippen LogP contribution in [0.3, 0.4) is 0 Å². The summed E-state index contributed by atoms with van der Waals surface area (Å²) >= 11 is 0. The average Bonchev–Trinajstić information content (AvgIpc) is 2.04. The Labute approximate surface area is 71.4 Å². The number of nitrogens with zero attached hydrogens (tertiary/aromatic N) is 3. The van der Waals surface area contributed by atoms with E-state index in [9.17, 15) is 0 Å². The van der Waals surface area contributed by atoms with Crippen LogP contribution in [0.25, 0.3) is 0 Å². The molecule has 0 aliphatic rings. The smallest absolute Gasteiger partial charge is 0.227 e. The number of hydrogen-bond acceptors (Lipinski definition) is 5. The van der Waals surface area contributed by atoms with Crippen molar-refractivity contribution in [2.24, 2.45) is 0 Å². The maximum atomic E-state index is 5.46. The molecule has 1 heterocycles. The highest BCUT2D eigenvalue weighted by molar-refractivity contribution is 5.30. The number of rotatable bonds is 3. The van der Waals surface area contributed by atoms with Crippen molar-refractivity contribution < 1.29 is 0 Å². The molecule has 0 saturated carbocycles. The highest BCUT2D eigenvalue weighted by atomic mass is 15.2. The predicted octanol–water partition coefficient (Wildman–Crippen LogP) is 0.448. The topological polar surface area (TPSA) is 76.7 Å². The van der Waals surface area contributed by atoms with Gasteiger partial charge in [-0.2, -0.15) is 15.0 Å². The van der Waals surface area contributed by atoms with Gasteiger partial charge in [0.25, 0.3) is 0 Å². The zero-order valence-corrected chi connectivity index (χ0v) is 7.33. The van der Waals surface area contributed by atoms with E-state index in [0.717, 1.165) is 18.8 Å². The second-order valence-electron chi connectivity index (χ2n) is 2.32. The third kappa shape index (κ3) is 2.05. The van der Waals surface area contributed by atoms with E-state index in [1.165, 1.54) is 0 Å². The Morgan fingerprint density at radius 1 is 1.25 bits per heavy atom. The van der Waals surface area contributed by atoms with Crippen LogP contribution >= 0.6 is 0 Å². The highest BCUT2D eigenvalue weighted by Crippen LogP contribution is 2.01. The minimum Gasteiger partial charge on any atom is -0.368 e. The largest absolute Gasteiger partial charge is 0.368 e. The maximum absolute atomic E-state index is 5.46. The molecule has 0 spiro atoms. The van der Waals surface area contributed by atoms with E-state index < -0.39 is 0 Å². The Hall–Kier alpha value is -1.39. The average molecular weight is 167 g/mol. The van der Waals surface area contributed by atoms with Crippen LogP contribution in [-0.4, -0.2) is 21.5 Å². The van der Waals surface area contributed by atoms with Gasteiger partial charge in [-0.15, -0.1) is 0 Å². The van der Waals surface area contributed by atoms with Gasteiger partial charge in [-0.1, -0.05) is 6.92 Å². The molecule has 0 fully saturated rings. The normalized spacial score (nSPS) is 9.83. The summed E-state index contributed by atoms with van der Waals surface area (Å²) in [4.78, 5) is 12.0. The van der Waals surface area contributed by atoms with E-state index >= 15 is 0 Å². The van der Waals surface area contributed by atoms with Crippen molar-refractivity contribution in [2.75, 3.05) is 17.6 Å². The number of nitrogen functional groups attached to an aromatic ring is 1. The first-order valence-electron chi connectivity index (χ1n) is 4.00. The third-order valence-corrected chi connectivity index (χ3v) is 1.35. The van der Waals surface area contributed by atoms with Crippen LogP contribution in [0.5, 0.6) is 0 Å². The minimum atomic E-state index is 0.276. The zero-order chi connectivity index (χ0) is 8.97. The first-order chi connectivity index (χ1) is 5.76. The van der Waals surface area contributed by atoms with Gasteiger partial charge < -0.3 is 11.1 Å². The van der Waals surface area contributed by atoms with Crippen molar-refractivity contribution >= 4 is 11.9 Å². The van der Waals surface area contributed by atoms with Gasteiger partial charge in [0, 0.05) is 13.0 Å². The third-order valence-electron chi connectivity index (χ3n) is 1.35. The molecular formula is C7H13N5. The van der Waals surface area contributed by atoms with Crippen LogP contribution in [0.15, 0.2) is 0 Å². The summed E-state index contributed by atoms with van der Waals surface area (Å²) in [5.41, 5.74) is 5.46. The van der Waals surface area contributed by atoms with Gasteiger partial charge in [0.15, 0.2) is 0 Å². The minimum absolute atomic E-state index is 0.276. The second-order valence-corrected chi connectivity index (χ2v) is 2.32. The van der Waals surface area contributed by atoms with Crippen LogP contribution < -0.4 is 11.1 Å². The summed E-state index contributed by atoms with van der Waals surface area (Å²) in [5.74, 6) is 1.55. The molecule has 3 N–H and O–H groups in total. The lowest BCUT2D eigenvalue weighted by Gasteiger charge is -2.02. The molecule has 0 bridgehead atoms. The quantitative estimate of drug-likeness (QED) is 0.683. The number of aromatic nitrogens is 3. The Morgan fingerprint density at radius 2 is 2.00 bits per heavy atom. The number of hydrogen-bond donors (Lipinski definition) is 2. The molecule has 0 amide bonds. The van der Waals surface area contributed by atoms with E-state index in [0.29, 0.717) is 5.95 Å². The molecule has 5 nitrogen and oxygen atoms in total. The molecule has 66 valence electrons. The van der Waals surface area contributed by atoms with Gasteiger partial charge in [0.2, 0.25) is 11.9 Å². The number of nitrogens with two attached hydrogens (primary N) is 1. The van der Waals surface area contributed by atoms with Gasteiger partial charge in [-0.25, -0.2) is 0 Å². The van der Waals surface area contributed by atoms with Gasteiger partial charge >= 0.3 is 0 Å². The lowest BCUT2D eigenvalue weighted by Crippen LogP contribution is -2.08. The van der Waals surface area contributed by atoms with E-state index in [4.69, 9.17) is 5.73 Å². The van der Waals surface area contributed by atoms with Crippen molar-refractivity contribution in [3.63, 3.8) is 0 Å². The Bertz CT molecular complexity index is 260. The van der Waals surface area contributed by atoms with E-state index in [-0.39, 0.29) is 5.95 Å². The molecular weight excluding hydrogens is 154 g/mol. The molecule has 0 aliphatic heterocycles. The summed E-state index contributed by atoms with van der Waals surface area (Å²) in [7, 11) is 0. The lowest BCUT2D eigenvalue weighted by molar-refractivity contribution is 0.903. The van der Waals surface area contributed by atoms with E-state index in [2.05, 4.69) is 20.3 Å². The Kier molecular flexibility index (Phi) is 2.79. The molecule has 1 aromatic heterocycles. The van der Waals surface area contributed by atoms with Crippen molar-refractivity contribution in [3.8, 4) is 0 Å². The van der Waals surface area contributed by atoms with Crippen molar-refractivity contribution in [1.82, 2.24) is 15.0 Å². The molecule has 0 saturated heterocycles. The maximum Gasteiger partial charge on any atom is 0.227 e. The lowest BCUT2D eigenvalue weighted by atomic mass is 10.4. The first-order valence-corrected chi connectivity index (χ1v) is 4.00. The second kappa shape index (κ2) is 3.85. The monoisotopic (exact) mass is 167 g/mol. The molecule has 1 rings (SSSR count). The molecule has 12 heavy (non-hydrogen) atoms. The van der Waals surface area contributed by atoms with Crippen LogP contribution in [0.2, 0.25) is 0 Å². The van der Waals surface area contributed by atoms with Crippen molar-refractivity contribution in [2.45, 2.75) is 20.3 Å². The summed E-state index contributed by atoms with van der Waals surface area (Å²) < 4.78 is 0. The summed E-state index contributed by atoms with van der Waals surface area (Å²) in [6, 6.07) is 0. The van der Waals surface area contributed by atoms with Gasteiger partial charge in [0.1, 0.15) is 5.82 Å². The molecule has 0 radical (unpaired) electrons. The fraction of sp³-hybridized carbons (Fsp3) is 0.571. The van der Waals surface area contributed by atoms with Gasteiger partial charge in [-0.3, -0.25) is 0 Å². The SMILES string of the molecule is CCNc1nc(N)nc(CC)n1. The Balaban J connectivity index is 2.90. The number of anilines is 2. The van der Waals surface area contributed by atoms with E-state index in [1.807, 2.05) is 13.8 Å². The van der Waals surface area contributed by atoms with Crippen LogP contribution in [-0.2, 0) is 6.42 Å². The molecule has 0 unspecified atom stereocenters. The zero-order valence-electron chi connectivity index (χ0n) is 7.33. The fourth-order valence-electron chi connectivity index (χ4n) is 0.833. The summed E-state index contributed by atoms with van der Waals surface area (Å²) in [6.45, 7) is 4.74. The Morgan fingerprint density at radius 3 is 2.58 bits per heavy atom. The van der Waals surface area contributed by atoms with Crippen molar-refractivity contribution in [1.29, 1.82) is 0 Å². The van der Waals surface area contributed by atoms with Crippen LogP contribution in [0.1, 0.15) is 19.7 Å². The molecule has 1 aromatic rings. The van der Waals surface area contributed by atoms with E-state index in [1.54, 1.807) is 0 Å². The van der Waals surface area contributed by atoms with Crippen LogP contribution in [0, 0.1) is 0 Å². The summed E-state index contributed by atoms with van der Waals surface area (Å²) in [6.07, 6.45) is 0.769. The van der Waals surface area contributed by atoms with Gasteiger partial charge in [0.05, 0.1) is 0 Å². The molecule has 0 aromatic carbocycles. The standard InChI is InChI=1S/C7H13N5/c1-3-5-10-6(8)12-7(11-5)9-4-2/h3-4H2,1-2H3,(H3,8,9,10,11,12). The number of nitrogens with one attached hydrogen (secondary N) is 1. The molecule has 0 atom stereocenters. The first kappa shape index (κ1) is 8.70. The van der Waals surface area contributed by atoms with Crippen molar-refractivity contribution in [3.05, 3.63) is 5.82 Å². The number of aryl methyl sites for hydroxylation is 1. The molecule has 5 heteroatoms. The fourth-order valence-corrected chi connectivity index (χ4v) is 0.833. The summed E-state index contributed by atoms with van der Waals surface area (Å²) in [5, 5.41) is 2.98. The van der Waals surface area contributed by atoms with Crippen LogP contribution in [0.4, 0.5) is 11.9 Å². The predicted molar refractivity (Wildman–Crippen MR) is 47.8 cm³/mol. The molecule has 0 aliphatic carbocycles. The van der Waals surface area contributed by atoms with Gasteiger partial charge in [-0.05, 0) is 6.92 Å².